The van der Waals surface area contributed by atoms with Gasteiger partial charge in [0.05, 0.1) is 34.1 Å². The number of nitriles is 1. The Hall–Kier alpha value is -2.83. The molecule has 0 fully saturated rings. The number of aryl methyl sites for hydroxylation is 1. The lowest BCUT2D eigenvalue weighted by atomic mass is 9.90. The van der Waals surface area contributed by atoms with E-state index in [1.807, 2.05) is 20.8 Å². The van der Waals surface area contributed by atoms with Crippen LogP contribution in [0.5, 0.6) is 0 Å². The molecule has 9 heteroatoms. The molecule has 8 nitrogen and oxygen atoms in total. The average Bonchev–Trinajstić information content (AvgIpc) is 3.23. The van der Waals surface area contributed by atoms with Gasteiger partial charge >= 0.3 is 0 Å². The van der Waals surface area contributed by atoms with Gasteiger partial charge in [0.25, 0.3) is 10.0 Å². The number of aliphatic hydroxyl groups is 1. The number of hydrogen-bond acceptors (Lipinski definition) is 5. The SMILES string of the molecule is Cc1ccc(NS(=O)(=O)c2cnn(C(C)(C)CC(C)(C)O)c2)c2[nH]cc(C#N)c12. The summed E-state index contributed by atoms with van der Waals surface area (Å²) in [6, 6.07) is 5.54. The number of aromatic amines is 1. The normalized spacial score (nSPS) is 12.9. The van der Waals surface area contributed by atoms with E-state index in [9.17, 15) is 18.8 Å². The number of anilines is 1. The van der Waals surface area contributed by atoms with Gasteiger partial charge in [-0.25, -0.2) is 8.42 Å². The number of H-pyrrole nitrogens is 1. The van der Waals surface area contributed by atoms with E-state index in [2.05, 4.69) is 20.9 Å². The molecule has 0 amide bonds. The monoisotopic (exact) mass is 415 g/mol. The third-order valence-corrected chi connectivity index (χ3v) is 6.08. The van der Waals surface area contributed by atoms with Crippen molar-refractivity contribution in [2.45, 2.75) is 57.1 Å². The molecule has 154 valence electrons. The second kappa shape index (κ2) is 6.90. The van der Waals surface area contributed by atoms with E-state index < -0.39 is 21.2 Å². The van der Waals surface area contributed by atoms with Crippen molar-refractivity contribution in [1.82, 2.24) is 14.8 Å². The van der Waals surface area contributed by atoms with Crippen molar-refractivity contribution in [3.63, 3.8) is 0 Å². The molecule has 0 spiro atoms. The highest BCUT2D eigenvalue weighted by atomic mass is 32.2. The average molecular weight is 416 g/mol. The summed E-state index contributed by atoms with van der Waals surface area (Å²) >= 11 is 0. The Morgan fingerprint density at radius 2 is 2.00 bits per heavy atom. The molecule has 0 atom stereocenters. The van der Waals surface area contributed by atoms with Crippen LogP contribution in [0.25, 0.3) is 10.9 Å². The molecule has 0 saturated carbocycles. The van der Waals surface area contributed by atoms with Gasteiger partial charge in [-0.1, -0.05) is 6.07 Å². The molecule has 0 radical (unpaired) electrons. The molecule has 2 aromatic heterocycles. The molecule has 0 aliphatic heterocycles. The summed E-state index contributed by atoms with van der Waals surface area (Å²) in [7, 11) is -3.90. The molecule has 0 bridgehead atoms. The van der Waals surface area contributed by atoms with Gasteiger partial charge in [-0.3, -0.25) is 9.40 Å². The van der Waals surface area contributed by atoms with Crippen molar-refractivity contribution >= 4 is 26.6 Å². The summed E-state index contributed by atoms with van der Waals surface area (Å²) in [6.07, 6.45) is 4.70. The van der Waals surface area contributed by atoms with Gasteiger partial charge in [0.2, 0.25) is 0 Å². The number of benzene rings is 1. The van der Waals surface area contributed by atoms with Crippen LogP contribution in [0.2, 0.25) is 0 Å². The maximum Gasteiger partial charge on any atom is 0.265 e. The number of fused-ring (bicyclic) bond motifs is 1. The molecule has 3 N–H and O–H groups in total. The first-order chi connectivity index (χ1) is 13.3. The summed E-state index contributed by atoms with van der Waals surface area (Å²) in [6.45, 7) is 9.03. The van der Waals surface area contributed by atoms with E-state index in [1.54, 1.807) is 36.9 Å². The molecule has 2 heterocycles. The number of sulfonamides is 1. The lowest BCUT2D eigenvalue weighted by Crippen LogP contribution is -2.36. The fraction of sp³-hybridized carbons (Fsp3) is 0.400. The van der Waals surface area contributed by atoms with Crippen molar-refractivity contribution in [3.8, 4) is 6.07 Å². The Balaban J connectivity index is 1.95. The topological polar surface area (TPSA) is 124 Å². The molecule has 0 aliphatic carbocycles. The Labute approximate surface area is 170 Å². The summed E-state index contributed by atoms with van der Waals surface area (Å²) < 4.78 is 30.0. The van der Waals surface area contributed by atoms with Gasteiger partial charge < -0.3 is 10.1 Å². The van der Waals surface area contributed by atoms with Crippen LogP contribution in [0.4, 0.5) is 5.69 Å². The van der Waals surface area contributed by atoms with Crippen molar-refractivity contribution in [2.24, 2.45) is 0 Å². The second-order valence-corrected chi connectivity index (χ2v) is 10.2. The van der Waals surface area contributed by atoms with Gasteiger partial charge in [0.1, 0.15) is 11.0 Å². The third-order valence-electron chi connectivity index (χ3n) is 4.76. The van der Waals surface area contributed by atoms with Crippen LogP contribution in [0.1, 0.15) is 45.2 Å². The van der Waals surface area contributed by atoms with Crippen LogP contribution >= 0.6 is 0 Å². The van der Waals surface area contributed by atoms with Crippen molar-refractivity contribution in [2.75, 3.05) is 4.72 Å². The highest BCUT2D eigenvalue weighted by Gasteiger charge is 2.30. The zero-order chi connectivity index (χ0) is 21.6. The van der Waals surface area contributed by atoms with E-state index in [1.165, 1.54) is 12.4 Å². The van der Waals surface area contributed by atoms with Gasteiger partial charge in [-0.15, -0.1) is 0 Å². The predicted molar refractivity (Wildman–Crippen MR) is 111 cm³/mol. The van der Waals surface area contributed by atoms with E-state index in [0.717, 1.165) is 5.56 Å². The first-order valence-corrected chi connectivity index (χ1v) is 10.6. The standard InChI is InChI=1S/C20H25N5O3S/c1-13-6-7-16(18-17(13)14(8-21)9-22-18)24-29(27,28)15-10-23-25(11-15)19(2,3)12-20(4,5)26/h6-7,9-11,22,24,26H,12H2,1-5H3. The fourth-order valence-corrected chi connectivity index (χ4v) is 4.72. The van der Waals surface area contributed by atoms with Gasteiger partial charge in [-0.2, -0.15) is 10.4 Å². The molecular weight excluding hydrogens is 390 g/mol. The Morgan fingerprint density at radius 3 is 2.62 bits per heavy atom. The fourth-order valence-electron chi connectivity index (χ4n) is 3.71. The lowest BCUT2D eigenvalue weighted by Gasteiger charge is -2.31. The molecule has 0 saturated heterocycles. The zero-order valence-electron chi connectivity index (χ0n) is 17.1. The summed E-state index contributed by atoms with van der Waals surface area (Å²) in [5, 5.41) is 24.3. The van der Waals surface area contributed by atoms with Crippen LogP contribution in [-0.2, 0) is 15.6 Å². The number of rotatable bonds is 6. The number of nitrogens with one attached hydrogen (secondary N) is 2. The summed E-state index contributed by atoms with van der Waals surface area (Å²) in [5.41, 5.74) is 0.744. The van der Waals surface area contributed by atoms with E-state index in [0.29, 0.717) is 28.6 Å². The van der Waals surface area contributed by atoms with Crippen molar-refractivity contribution in [1.29, 1.82) is 5.26 Å². The molecule has 3 rings (SSSR count). The van der Waals surface area contributed by atoms with Gasteiger partial charge in [-0.05, 0) is 46.2 Å². The third kappa shape index (κ3) is 4.13. The van der Waals surface area contributed by atoms with E-state index in [-0.39, 0.29) is 4.90 Å². The van der Waals surface area contributed by atoms with Crippen LogP contribution in [0.3, 0.4) is 0 Å². The number of hydrogen-bond donors (Lipinski definition) is 3. The Bertz CT molecular complexity index is 1210. The highest BCUT2D eigenvalue weighted by Crippen LogP contribution is 2.31. The highest BCUT2D eigenvalue weighted by molar-refractivity contribution is 7.92. The van der Waals surface area contributed by atoms with Crippen LogP contribution < -0.4 is 4.72 Å². The van der Waals surface area contributed by atoms with Crippen molar-refractivity contribution < 1.29 is 13.5 Å². The maximum atomic E-state index is 12.9. The van der Waals surface area contributed by atoms with Gasteiger partial charge in [0.15, 0.2) is 0 Å². The smallest absolute Gasteiger partial charge is 0.265 e. The first-order valence-electron chi connectivity index (χ1n) is 9.15. The molecule has 0 aliphatic rings. The second-order valence-electron chi connectivity index (χ2n) is 8.52. The Morgan fingerprint density at radius 1 is 1.31 bits per heavy atom. The van der Waals surface area contributed by atoms with E-state index >= 15 is 0 Å². The number of aromatic nitrogens is 3. The molecule has 3 aromatic rings. The quantitative estimate of drug-likeness (QED) is 0.570. The predicted octanol–water partition coefficient (Wildman–Crippen LogP) is 3.24. The minimum absolute atomic E-state index is 0.0158. The van der Waals surface area contributed by atoms with E-state index in [4.69, 9.17) is 0 Å². The van der Waals surface area contributed by atoms with Crippen LogP contribution in [0.15, 0.2) is 35.6 Å². The minimum atomic E-state index is -3.90. The van der Waals surface area contributed by atoms with Crippen LogP contribution in [-0.4, -0.2) is 33.9 Å². The minimum Gasteiger partial charge on any atom is -0.390 e. The van der Waals surface area contributed by atoms with Gasteiger partial charge in [0, 0.05) is 24.2 Å². The Kier molecular flexibility index (Phi) is 4.97. The summed E-state index contributed by atoms with van der Waals surface area (Å²) in [4.78, 5) is 3.00. The first kappa shape index (κ1) is 20.9. The van der Waals surface area contributed by atoms with Crippen molar-refractivity contribution in [3.05, 3.63) is 41.9 Å². The number of nitrogens with zero attached hydrogens (tertiary/aromatic N) is 3. The summed E-state index contributed by atoms with van der Waals surface area (Å²) in [5.74, 6) is 0. The largest absolute Gasteiger partial charge is 0.390 e. The molecule has 0 unspecified atom stereocenters. The maximum absolute atomic E-state index is 12.9. The lowest BCUT2D eigenvalue weighted by molar-refractivity contribution is 0.0317. The van der Waals surface area contributed by atoms with Crippen LogP contribution in [0, 0.1) is 18.3 Å². The molecule has 1 aromatic carbocycles. The molecule has 29 heavy (non-hydrogen) atoms. The molecular formula is C20H25N5O3S. The zero-order valence-corrected chi connectivity index (χ0v) is 17.9.